The Hall–Kier alpha value is -3.75. The Morgan fingerprint density at radius 2 is 1.79 bits per heavy atom. The molecule has 0 radical (unpaired) electrons. The Balaban J connectivity index is 1.48. The van der Waals surface area contributed by atoms with Crippen molar-refractivity contribution in [3.8, 4) is 11.3 Å². The van der Waals surface area contributed by atoms with Crippen molar-refractivity contribution in [1.29, 1.82) is 0 Å². The molecule has 0 atom stereocenters. The maximum Gasteiger partial charge on any atom is 0.339 e. The van der Waals surface area contributed by atoms with Gasteiger partial charge in [-0.05, 0) is 32.8 Å². The predicted octanol–water partition coefficient (Wildman–Crippen LogP) is 2.90. The topological polar surface area (TPSA) is 104 Å². The summed E-state index contributed by atoms with van der Waals surface area (Å²) in [5.41, 5.74) is 3.03. The monoisotopic (exact) mass is 464 g/mol. The highest BCUT2D eigenvalue weighted by Gasteiger charge is 2.29. The molecular formula is C25H28N4O5. The average molecular weight is 465 g/mol. The molecule has 1 fully saturated rings. The Morgan fingerprint density at radius 3 is 2.47 bits per heavy atom. The summed E-state index contributed by atoms with van der Waals surface area (Å²) >= 11 is 0. The van der Waals surface area contributed by atoms with Gasteiger partial charge in [-0.2, -0.15) is 5.10 Å². The van der Waals surface area contributed by atoms with Crippen molar-refractivity contribution in [3.63, 3.8) is 0 Å². The van der Waals surface area contributed by atoms with E-state index < -0.39 is 5.97 Å². The number of fused-ring (bicyclic) bond motifs is 1. The van der Waals surface area contributed by atoms with Crippen LogP contribution in [0.1, 0.15) is 35.8 Å². The van der Waals surface area contributed by atoms with Crippen molar-refractivity contribution < 1.29 is 23.9 Å². The van der Waals surface area contributed by atoms with Crippen LogP contribution in [0, 0.1) is 12.8 Å². The average Bonchev–Trinajstić information content (AvgIpc) is 3.15. The van der Waals surface area contributed by atoms with Crippen molar-refractivity contribution >= 4 is 28.9 Å². The van der Waals surface area contributed by atoms with Crippen LogP contribution in [-0.2, 0) is 26.1 Å². The number of hydrogen-bond donors (Lipinski definition) is 0. The molecule has 0 spiro atoms. The highest BCUT2D eigenvalue weighted by Crippen LogP contribution is 2.27. The number of likely N-dealkylation sites (tertiary alicyclic amines) is 1. The van der Waals surface area contributed by atoms with Crippen LogP contribution in [0.2, 0.25) is 0 Å². The van der Waals surface area contributed by atoms with E-state index in [9.17, 15) is 14.4 Å². The first-order valence-electron chi connectivity index (χ1n) is 11.4. The van der Waals surface area contributed by atoms with Crippen LogP contribution < -0.4 is 0 Å². The summed E-state index contributed by atoms with van der Waals surface area (Å²) in [4.78, 5) is 44.0. The summed E-state index contributed by atoms with van der Waals surface area (Å²) in [6.07, 6.45) is 1.08. The third-order valence-corrected chi connectivity index (χ3v) is 6.05. The Morgan fingerprint density at radius 1 is 1.09 bits per heavy atom. The predicted molar refractivity (Wildman–Crippen MR) is 125 cm³/mol. The number of ether oxygens (including phenoxy) is 2. The molecule has 1 aliphatic heterocycles. The second-order valence-corrected chi connectivity index (χ2v) is 8.31. The second kappa shape index (κ2) is 10.0. The lowest BCUT2D eigenvalue weighted by molar-refractivity contribution is -0.151. The van der Waals surface area contributed by atoms with Gasteiger partial charge < -0.3 is 14.4 Å². The zero-order chi connectivity index (χ0) is 24.2. The number of esters is 2. The molecule has 1 aromatic carbocycles. The second-order valence-electron chi connectivity index (χ2n) is 8.31. The SMILES string of the molecule is CCOC(=O)C1CCN(C(=O)COC(=O)c2cc(-c3ccccc3)nc3c2c(C)nn3C)CC1. The Kier molecular flexibility index (Phi) is 6.90. The summed E-state index contributed by atoms with van der Waals surface area (Å²) < 4.78 is 12.1. The molecule has 2 aromatic heterocycles. The number of amides is 1. The Labute approximate surface area is 197 Å². The molecule has 178 valence electrons. The molecule has 4 rings (SSSR count). The van der Waals surface area contributed by atoms with Crippen molar-refractivity contribution in [2.75, 3.05) is 26.3 Å². The molecule has 34 heavy (non-hydrogen) atoms. The minimum Gasteiger partial charge on any atom is -0.466 e. The molecular weight excluding hydrogens is 436 g/mol. The van der Waals surface area contributed by atoms with Crippen LogP contribution >= 0.6 is 0 Å². The molecule has 0 saturated carbocycles. The lowest BCUT2D eigenvalue weighted by Gasteiger charge is -2.30. The van der Waals surface area contributed by atoms with Gasteiger partial charge in [-0.1, -0.05) is 30.3 Å². The number of carbonyl (C=O) groups is 3. The van der Waals surface area contributed by atoms with E-state index in [4.69, 9.17) is 14.5 Å². The molecule has 3 heterocycles. The van der Waals surface area contributed by atoms with Gasteiger partial charge in [0.2, 0.25) is 0 Å². The van der Waals surface area contributed by atoms with Crippen LogP contribution in [0.4, 0.5) is 0 Å². The fraction of sp³-hybridized carbons (Fsp3) is 0.400. The number of benzene rings is 1. The third kappa shape index (κ3) is 4.78. The van der Waals surface area contributed by atoms with Gasteiger partial charge in [-0.25, -0.2) is 9.78 Å². The van der Waals surface area contributed by atoms with Crippen LogP contribution in [0.3, 0.4) is 0 Å². The van der Waals surface area contributed by atoms with Crippen molar-refractivity contribution in [1.82, 2.24) is 19.7 Å². The summed E-state index contributed by atoms with van der Waals surface area (Å²) in [6.45, 7) is 4.42. The van der Waals surface area contributed by atoms with E-state index in [-0.39, 0.29) is 24.4 Å². The van der Waals surface area contributed by atoms with E-state index in [2.05, 4.69) is 5.10 Å². The summed E-state index contributed by atoms with van der Waals surface area (Å²) in [7, 11) is 1.77. The van der Waals surface area contributed by atoms with E-state index >= 15 is 0 Å². The summed E-state index contributed by atoms with van der Waals surface area (Å²) in [5.74, 6) is -1.30. The van der Waals surface area contributed by atoms with Crippen LogP contribution in [0.25, 0.3) is 22.3 Å². The van der Waals surface area contributed by atoms with E-state index in [0.717, 1.165) is 5.56 Å². The number of hydrogen-bond acceptors (Lipinski definition) is 7. The molecule has 0 N–H and O–H groups in total. The lowest BCUT2D eigenvalue weighted by atomic mass is 9.97. The van der Waals surface area contributed by atoms with Crippen LogP contribution in [0.15, 0.2) is 36.4 Å². The van der Waals surface area contributed by atoms with Gasteiger partial charge in [0.1, 0.15) is 0 Å². The summed E-state index contributed by atoms with van der Waals surface area (Å²) in [5, 5.41) is 5.01. The number of aromatic nitrogens is 3. The van der Waals surface area contributed by atoms with E-state index in [1.54, 1.807) is 29.6 Å². The number of rotatable bonds is 6. The van der Waals surface area contributed by atoms with Gasteiger partial charge in [-0.15, -0.1) is 0 Å². The molecule has 0 bridgehead atoms. The zero-order valence-electron chi connectivity index (χ0n) is 19.6. The van der Waals surface area contributed by atoms with Gasteiger partial charge in [0, 0.05) is 25.7 Å². The van der Waals surface area contributed by atoms with E-state index in [1.807, 2.05) is 37.3 Å². The van der Waals surface area contributed by atoms with Crippen LogP contribution in [-0.4, -0.2) is 63.8 Å². The summed E-state index contributed by atoms with van der Waals surface area (Å²) in [6, 6.07) is 11.2. The first-order chi connectivity index (χ1) is 16.4. The zero-order valence-corrected chi connectivity index (χ0v) is 19.6. The molecule has 1 aliphatic rings. The first kappa shape index (κ1) is 23.4. The molecule has 1 saturated heterocycles. The Bertz CT molecular complexity index is 1210. The molecule has 3 aromatic rings. The number of aryl methyl sites for hydroxylation is 2. The molecule has 9 nitrogen and oxygen atoms in total. The standard InChI is InChI=1S/C25H28N4O5/c1-4-33-24(31)18-10-12-29(13-11-18)21(30)15-34-25(32)19-14-20(17-8-6-5-7-9-17)26-23-22(19)16(2)27-28(23)3/h5-9,14,18H,4,10-13,15H2,1-3H3. The highest BCUT2D eigenvalue weighted by atomic mass is 16.5. The highest BCUT2D eigenvalue weighted by molar-refractivity contribution is 6.05. The van der Waals surface area contributed by atoms with Gasteiger partial charge in [0.05, 0.1) is 34.9 Å². The van der Waals surface area contributed by atoms with E-state index in [0.29, 0.717) is 60.5 Å². The normalized spacial score (nSPS) is 14.3. The molecule has 9 heteroatoms. The maximum atomic E-state index is 13.1. The maximum absolute atomic E-state index is 13.1. The molecule has 0 unspecified atom stereocenters. The molecule has 0 aliphatic carbocycles. The third-order valence-electron chi connectivity index (χ3n) is 6.05. The molecule has 1 amide bonds. The quantitative estimate of drug-likeness (QED) is 0.517. The minimum atomic E-state index is -0.601. The fourth-order valence-electron chi connectivity index (χ4n) is 4.28. The van der Waals surface area contributed by atoms with Gasteiger partial charge in [0.15, 0.2) is 12.3 Å². The van der Waals surface area contributed by atoms with Gasteiger partial charge >= 0.3 is 11.9 Å². The van der Waals surface area contributed by atoms with Crippen molar-refractivity contribution in [2.45, 2.75) is 26.7 Å². The lowest BCUT2D eigenvalue weighted by Crippen LogP contribution is -2.42. The number of piperidine rings is 1. The van der Waals surface area contributed by atoms with Crippen molar-refractivity contribution in [2.24, 2.45) is 13.0 Å². The number of nitrogens with zero attached hydrogens (tertiary/aromatic N) is 4. The van der Waals surface area contributed by atoms with Crippen molar-refractivity contribution in [3.05, 3.63) is 47.7 Å². The van der Waals surface area contributed by atoms with Gasteiger partial charge in [-0.3, -0.25) is 14.3 Å². The van der Waals surface area contributed by atoms with Gasteiger partial charge in [0.25, 0.3) is 5.91 Å². The van der Waals surface area contributed by atoms with E-state index in [1.165, 1.54) is 0 Å². The largest absolute Gasteiger partial charge is 0.466 e. The minimum absolute atomic E-state index is 0.193. The number of pyridine rings is 1. The van der Waals surface area contributed by atoms with Crippen LogP contribution in [0.5, 0.6) is 0 Å². The smallest absolute Gasteiger partial charge is 0.339 e. The first-order valence-corrected chi connectivity index (χ1v) is 11.4. The number of carbonyl (C=O) groups excluding carboxylic acids is 3. The fourth-order valence-corrected chi connectivity index (χ4v) is 4.28.